The molecule has 0 fully saturated rings. The van der Waals surface area contributed by atoms with Crippen LogP contribution in [0.25, 0.3) is 0 Å². The highest BCUT2D eigenvalue weighted by Gasteiger charge is 2.48. The predicted molar refractivity (Wildman–Crippen MR) is 71.1 cm³/mol. The van der Waals surface area contributed by atoms with Gasteiger partial charge < -0.3 is 9.84 Å². The van der Waals surface area contributed by atoms with Gasteiger partial charge in [-0.05, 0) is 26.7 Å². The van der Waals surface area contributed by atoms with E-state index in [1.807, 2.05) is 0 Å². The summed E-state index contributed by atoms with van der Waals surface area (Å²) in [5, 5.41) is 9.14. The Bertz CT molecular complexity index is 421. The third-order valence-electron chi connectivity index (χ3n) is 3.10. The summed E-state index contributed by atoms with van der Waals surface area (Å²) in [5.74, 6) is -3.34. The molecular formula is C14H20O6. The van der Waals surface area contributed by atoms with Crippen molar-refractivity contribution in [3.63, 3.8) is 0 Å². The lowest BCUT2D eigenvalue weighted by molar-refractivity contribution is -0.160. The zero-order valence-corrected chi connectivity index (χ0v) is 12.0. The number of carboxylic acid groups (broad SMARTS) is 1. The van der Waals surface area contributed by atoms with Crippen molar-refractivity contribution in [2.75, 3.05) is 6.61 Å². The molecule has 1 N–H and O–H groups in total. The van der Waals surface area contributed by atoms with Gasteiger partial charge in [-0.2, -0.15) is 0 Å². The number of rotatable bonds is 9. The van der Waals surface area contributed by atoms with E-state index in [2.05, 4.69) is 6.58 Å². The molecule has 0 aliphatic heterocycles. The van der Waals surface area contributed by atoms with Gasteiger partial charge in [0.15, 0.2) is 17.0 Å². The van der Waals surface area contributed by atoms with Crippen molar-refractivity contribution in [1.82, 2.24) is 0 Å². The number of ether oxygens (including phenoxy) is 1. The zero-order valence-electron chi connectivity index (χ0n) is 12.0. The standard InChI is InChI=1S/C14H20O6/c1-5-14(10(4)15,13(18)19)11(16)7-6-8-20-12(17)9(2)3/h2,5-8H2,1,3-4H3,(H,18,19). The summed E-state index contributed by atoms with van der Waals surface area (Å²) in [4.78, 5) is 45.8. The van der Waals surface area contributed by atoms with E-state index in [0.29, 0.717) is 0 Å². The first-order valence-corrected chi connectivity index (χ1v) is 6.30. The third kappa shape index (κ3) is 4.01. The highest BCUT2D eigenvalue weighted by atomic mass is 16.5. The van der Waals surface area contributed by atoms with Crippen molar-refractivity contribution < 1.29 is 29.0 Å². The summed E-state index contributed by atoms with van der Waals surface area (Å²) < 4.78 is 4.80. The Balaban J connectivity index is 4.58. The second kappa shape index (κ2) is 7.57. The molecule has 0 amide bonds. The average Bonchev–Trinajstić information content (AvgIpc) is 2.34. The number of carbonyl (C=O) groups excluding carboxylic acids is 3. The van der Waals surface area contributed by atoms with Crippen LogP contribution in [0.3, 0.4) is 0 Å². The van der Waals surface area contributed by atoms with E-state index in [1.165, 1.54) is 13.8 Å². The molecule has 0 aliphatic rings. The van der Waals surface area contributed by atoms with Crippen molar-refractivity contribution >= 4 is 23.5 Å². The van der Waals surface area contributed by atoms with Crippen molar-refractivity contribution in [1.29, 1.82) is 0 Å². The molecule has 0 aromatic carbocycles. The fraction of sp³-hybridized carbons (Fsp3) is 0.571. The van der Waals surface area contributed by atoms with Gasteiger partial charge in [0.25, 0.3) is 0 Å². The lowest BCUT2D eigenvalue weighted by Crippen LogP contribution is -2.44. The van der Waals surface area contributed by atoms with Gasteiger partial charge in [0.2, 0.25) is 0 Å². The Kier molecular flexibility index (Phi) is 6.82. The van der Waals surface area contributed by atoms with Crippen LogP contribution in [0.4, 0.5) is 0 Å². The van der Waals surface area contributed by atoms with Crippen LogP contribution in [0.1, 0.15) is 40.0 Å². The molecule has 0 aliphatic carbocycles. The molecule has 0 aromatic rings. The number of hydrogen-bond acceptors (Lipinski definition) is 5. The third-order valence-corrected chi connectivity index (χ3v) is 3.10. The number of esters is 1. The molecule has 112 valence electrons. The average molecular weight is 284 g/mol. The summed E-state index contributed by atoms with van der Waals surface area (Å²) in [6.07, 6.45) is -0.0641. The Morgan fingerprint density at radius 3 is 2.10 bits per heavy atom. The van der Waals surface area contributed by atoms with E-state index >= 15 is 0 Å². The first kappa shape index (κ1) is 18.0. The highest BCUT2D eigenvalue weighted by Crippen LogP contribution is 2.27. The van der Waals surface area contributed by atoms with Gasteiger partial charge in [0.1, 0.15) is 0 Å². The fourth-order valence-corrected chi connectivity index (χ4v) is 1.80. The van der Waals surface area contributed by atoms with E-state index < -0.39 is 28.9 Å². The van der Waals surface area contributed by atoms with Crippen LogP contribution in [0.2, 0.25) is 0 Å². The van der Waals surface area contributed by atoms with E-state index in [4.69, 9.17) is 9.84 Å². The molecule has 6 heteroatoms. The Labute approximate surface area is 117 Å². The van der Waals surface area contributed by atoms with E-state index in [-0.39, 0.29) is 31.4 Å². The lowest BCUT2D eigenvalue weighted by Gasteiger charge is -2.23. The van der Waals surface area contributed by atoms with Crippen LogP contribution in [0.5, 0.6) is 0 Å². The van der Waals surface area contributed by atoms with E-state index in [0.717, 1.165) is 6.92 Å². The quantitative estimate of drug-likeness (QED) is 0.298. The zero-order chi connectivity index (χ0) is 15.9. The summed E-state index contributed by atoms with van der Waals surface area (Å²) in [6.45, 7) is 7.46. The molecule has 0 saturated carbocycles. The van der Waals surface area contributed by atoms with Gasteiger partial charge in [-0.1, -0.05) is 13.5 Å². The Morgan fingerprint density at radius 2 is 1.75 bits per heavy atom. The first-order valence-electron chi connectivity index (χ1n) is 6.30. The topological polar surface area (TPSA) is 97.7 Å². The Hall–Kier alpha value is -1.98. The lowest BCUT2D eigenvalue weighted by atomic mass is 9.76. The minimum absolute atomic E-state index is 0.0191. The highest BCUT2D eigenvalue weighted by molar-refractivity contribution is 6.21. The van der Waals surface area contributed by atoms with Gasteiger partial charge in [0.05, 0.1) is 6.61 Å². The molecule has 0 spiro atoms. The van der Waals surface area contributed by atoms with Crippen molar-refractivity contribution in [2.45, 2.75) is 40.0 Å². The van der Waals surface area contributed by atoms with Crippen LogP contribution in [-0.4, -0.2) is 35.2 Å². The van der Waals surface area contributed by atoms with Crippen LogP contribution >= 0.6 is 0 Å². The van der Waals surface area contributed by atoms with Crippen molar-refractivity contribution in [2.24, 2.45) is 5.41 Å². The summed E-state index contributed by atoms with van der Waals surface area (Å²) in [7, 11) is 0. The summed E-state index contributed by atoms with van der Waals surface area (Å²) >= 11 is 0. The molecule has 0 aromatic heterocycles. The van der Waals surface area contributed by atoms with Crippen molar-refractivity contribution in [3.8, 4) is 0 Å². The van der Waals surface area contributed by atoms with Gasteiger partial charge in [0, 0.05) is 12.0 Å². The molecule has 0 bridgehead atoms. The minimum Gasteiger partial charge on any atom is -0.480 e. The maximum Gasteiger partial charge on any atom is 0.333 e. The molecule has 20 heavy (non-hydrogen) atoms. The monoisotopic (exact) mass is 284 g/mol. The Morgan fingerprint density at radius 1 is 1.20 bits per heavy atom. The van der Waals surface area contributed by atoms with E-state index in [9.17, 15) is 19.2 Å². The normalized spacial score (nSPS) is 13.2. The minimum atomic E-state index is -1.99. The number of carbonyl (C=O) groups is 4. The number of carboxylic acids is 1. The summed E-state index contributed by atoms with van der Waals surface area (Å²) in [5.41, 5.74) is -1.74. The molecule has 6 nitrogen and oxygen atoms in total. The number of Topliss-reactive ketones (excluding diaryl/α,β-unsaturated/α-hetero) is 2. The number of hydrogen-bond donors (Lipinski definition) is 1. The molecule has 1 unspecified atom stereocenters. The van der Waals surface area contributed by atoms with E-state index in [1.54, 1.807) is 0 Å². The van der Waals surface area contributed by atoms with Gasteiger partial charge in [-0.3, -0.25) is 14.4 Å². The molecule has 0 rings (SSSR count). The summed E-state index contributed by atoms with van der Waals surface area (Å²) in [6, 6.07) is 0. The second-order valence-electron chi connectivity index (χ2n) is 4.56. The van der Waals surface area contributed by atoms with Crippen molar-refractivity contribution in [3.05, 3.63) is 12.2 Å². The van der Waals surface area contributed by atoms with Crippen LogP contribution < -0.4 is 0 Å². The number of ketones is 2. The van der Waals surface area contributed by atoms with Gasteiger partial charge >= 0.3 is 11.9 Å². The predicted octanol–water partition coefficient (Wildman–Crippen LogP) is 1.53. The van der Waals surface area contributed by atoms with Crippen LogP contribution in [0, 0.1) is 5.41 Å². The van der Waals surface area contributed by atoms with Crippen LogP contribution in [0.15, 0.2) is 12.2 Å². The van der Waals surface area contributed by atoms with Gasteiger partial charge in [-0.15, -0.1) is 0 Å². The molecule has 0 saturated heterocycles. The fourth-order valence-electron chi connectivity index (χ4n) is 1.80. The molecule has 0 radical (unpaired) electrons. The molecular weight excluding hydrogens is 264 g/mol. The first-order chi connectivity index (χ1) is 9.20. The molecule has 0 heterocycles. The van der Waals surface area contributed by atoms with Gasteiger partial charge in [-0.25, -0.2) is 4.79 Å². The van der Waals surface area contributed by atoms with Crippen LogP contribution in [-0.2, 0) is 23.9 Å². The smallest absolute Gasteiger partial charge is 0.333 e. The maximum absolute atomic E-state index is 12.0. The largest absolute Gasteiger partial charge is 0.480 e. The maximum atomic E-state index is 12.0. The second-order valence-corrected chi connectivity index (χ2v) is 4.56. The number of aliphatic carboxylic acids is 1. The SMILES string of the molecule is C=C(C)C(=O)OCCCC(=O)C(CC)(C(C)=O)C(=O)O. The molecule has 1 atom stereocenters.